The van der Waals surface area contributed by atoms with E-state index in [1.807, 2.05) is 54.6 Å². The molecule has 0 unspecified atom stereocenters. The summed E-state index contributed by atoms with van der Waals surface area (Å²) in [5, 5.41) is 12.8. The molecule has 4 nitrogen and oxygen atoms in total. The van der Waals surface area contributed by atoms with E-state index in [4.69, 9.17) is 4.74 Å². The molecule has 23 heavy (non-hydrogen) atoms. The Labute approximate surface area is 135 Å². The quantitative estimate of drug-likeness (QED) is 0.676. The minimum absolute atomic E-state index is 0.00269. The van der Waals surface area contributed by atoms with Crippen LogP contribution in [0.25, 0.3) is 0 Å². The molecule has 2 aromatic rings. The van der Waals surface area contributed by atoms with Gasteiger partial charge in [0.15, 0.2) is 0 Å². The normalized spacial score (nSPS) is 23.4. The fourth-order valence-corrected chi connectivity index (χ4v) is 2.94. The third kappa shape index (κ3) is 2.85. The minimum atomic E-state index is -0.816. The van der Waals surface area contributed by atoms with Crippen LogP contribution in [0, 0.1) is 0 Å². The Morgan fingerprint density at radius 3 is 2.43 bits per heavy atom. The van der Waals surface area contributed by atoms with Gasteiger partial charge in [-0.3, -0.25) is 4.79 Å². The van der Waals surface area contributed by atoms with Gasteiger partial charge in [0.1, 0.15) is 11.2 Å². The number of carbonyl (C=O) groups is 1. The molecule has 0 amide bonds. The smallest absolute Gasteiger partial charge is 0.321 e. The fraction of sp³-hybridized carbons (Fsp3) is 0.211. The zero-order chi connectivity index (χ0) is 16.3. The summed E-state index contributed by atoms with van der Waals surface area (Å²) in [6.45, 7) is 0.450. The van der Waals surface area contributed by atoms with E-state index in [1.165, 1.54) is 7.11 Å². The Hall–Kier alpha value is -2.59. The molecule has 4 heteroatoms. The van der Waals surface area contributed by atoms with Crippen molar-refractivity contribution in [2.75, 3.05) is 13.7 Å². The Morgan fingerprint density at radius 1 is 1.17 bits per heavy atom. The maximum atomic E-state index is 12.4. The van der Waals surface area contributed by atoms with E-state index >= 15 is 0 Å². The van der Waals surface area contributed by atoms with Crippen molar-refractivity contribution in [2.24, 2.45) is 0 Å². The average molecular weight is 309 g/mol. The van der Waals surface area contributed by atoms with E-state index in [2.05, 4.69) is 5.32 Å². The molecular weight excluding hydrogens is 290 g/mol. The molecule has 0 bridgehead atoms. The summed E-state index contributed by atoms with van der Waals surface area (Å²) >= 11 is 0. The predicted octanol–water partition coefficient (Wildman–Crippen LogP) is 2.70. The Bertz CT molecular complexity index is 709. The summed E-state index contributed by atoms with van der Waals surface area (Å²) in [4.78, 5) is 12.4. The first kappa shape index (κ1) is 15.3. The van der Waals surface area contributed by atoms with Gasteiger partial charge in [-0.25, -0.2) is 0 Å². The van der Waals surface area contributed by atoms with Crippen molar-refractivity contribution >= 4 is 5.97 Å². The number of hydrogen-bond acceptors (Lipinski definition) is 4. The maximum Gasteiger partial charge on any atom is 0.321 e. The van der Waals surface area contributed by atoms with Crippen molar-refractivity contribution in [3.8, 4) is 5.75 Å². The predicted molar refractivity (Wildman–Crippen MR) is 88.1 cm³/mol. The molecule has 1 aliphatic rings. The molecule has 0 fully saturated rings. The summed E-state index contributed by atoms with van der Waals surface area (Å²) in [7, 11) is 1.41. The molecule has 3 rings (SSSR count). The summed E-state index contributed by atoms with van der Waals surface area (Å²) in [6.07, 6.45) is 3.89. The summed E-state index contributed by atoms with van der Waals surface area (Å²) in [5.41, 5.74) is 1.12. The van der Waals surface area contributed by atoms with Crippen LogP contribution in [0.5, 0.6) is 5.75 Å². The zero-order valence-corrected chi connectivity index (χ0v) is 12.9. The third-order valence-electron chi connectivity index (χ3n) is 4.26. The molecule has 0 saturated heterocycles. The summed E-state index contributed by atoms with van der Waals surface area (Å²) < 4.78 is 5.04. The van der Waals surface area contributed by atoms with Crippen LogP contribution in [0.2, 0.25) is 0 Å². The van der Waals surface area contributed by atoms with E-state index in [-0.39, 0.29) is 17.8 Å². The van der Waals surface area contributed by atoms with Crippen LogP contribution in [-0.4, -0.2) is 24.7 Å². The van der Waals surface area contributed by atoms with Gasteiger partial charge in [-0.15, -0.1) is 0 Å². The topological polar surface area (TPSA) is 58.6 Å². The number of phenolic OH excluding ortho intramolecular Hbond substituents is 1. The van der Waals surface area contributed by atoms with Crippen LogP contribution in [0.1, 0.15) is 17.2 Å². The van der Waals surface area contributed by atoms with Gasteiger partial charge in [0.05, 0.1) is 13.2 Å². The second kappa shape index (κ2) is 6.26. The minimum Gasteiger partial charge on any atom is -0.508 e. The molecule has 1 aliphatic heterocycles. The summed E-state index contributed by atoms with van der Waals surface area (Å²) in [6, 6.07) is 16.7. The average Bonchev–Trinajstić information content (AvgIpc) is 2.62. The van der Waals surface area contributed by atoms with Gasteiger partial charge in [-0.05, 0) is 23.3 Å². The number of ether oxygens (including phenoxy) is 1. The van der Waals surface area contributed by atoms with Gasteiger partial charge in [0.25, 0.3) is 0 Å². The third-order valence-corrected chi connectivity index (χ3v) is 4.26. The van der Waals surface area contributed by atoms with Crippen molar-refractivity contribution in [2.45, 2.75) is 11.5 Å². The molecule has 2 N–H and O–H groups in total. The SMILES string of the molecule is COC(=O)[C@@]1(c2ccccc2)C=C[C@@H](c2ccc(O)cc2)NC1. The van der Waals surface area contributed by atoms with Gasteiger partial charge in [-0.2, -0.15) is 0 Å². The van der Waals surface area contributed by atoms with Crippen LogP contribution in [0.4, 0.5) is 0 Å². The molecule has 0 aromatic heterocycles. The highest BCUT2D eigenvalue weighted by atomic mass is 16.5. The van der Waals surface area contributed by atoms with E-state index in [1.54, 1.807) is 12.1 Å². The van der Waals surface area contributed by atoms with Crippen molar-refractivity contribution in [3.63, 3.8) is 0 Å². The molecule has 1 heterocycles. The van der Waals surface area contributed by atoms with Gasteiger partial charge in [0, 0.05) is 6.54 Å². The Kier molecular flexibility index (Phi) is 4.17. The first-order valence-corrected chi connectivity index (χ1v) is 7.51. The van der Waals surface area contributed by atoms with Gasteiger partial charge in [-0.1, -0.05) is 54.6 Å². The van der Waals surface area contributed by atoms with Crippen molar-refractivity contribution < 1.29 is 14.6 Å². The number of esters is 1. The number of carbonyl (C=O) groups excluding carboxylic acids is 1. The number of phenols is 1. The number of methoxy groups -OCH3 is 1. The summed E-state index contributed by atoms with van der Waals surface area (Å²) in [5.74, 6) is -0.0432. The fourth-order valence-electron chi connectivity index (χ4n) is 2.94. The molecule has 118 valence electrons. The largest absolute Gasteiger partial charge is 0.508 e. The highest BCUT2D eigenvalue weighted by Gasteiger charge is 2.41. The van der Waals surface area contributed by atoms with Crippen LogP contribution in [0.3, 0.4) is 0 Å². The lowest BCUT2D eigenvalue weighted by atomic mass is 9.77. The second-order valence-electron chi connectivity index (χ2n) is 5.64. The zero-order valence-electron chi connectivity index (χ0n) is 12.9. The molecule has 0 aliphatic carbocycles. The monoisotopic (exact) mass is 309 g/mol. The highest BCUT2D eigenvalue weighted by Crippen LogP contribution is 2.33. The molecule has 0 spiro atoms. The number of benzene rings is 2. The molecule has 0 radical (unpaired) electrons. The lowest BCUT2D eigenvalue weighted by Gasteiger charge is -2.34. The van der Waals surface area contributed by atoms with Crippen molar-refractivity contribution in [1.29, 1.82) is 0 Å². The number of nitrogens with one attached hydrogen (secondary N) is 1. The number of rotatable bonds is 3. The van der Waals surface area contributed by atoms with Crippen LogP contribution in [0.15, 0.2) is 66.7 Å². The maximum absolute atomic E-state index is 12.4. The molecule has 2 atom stereocenters. The van der Waals surface area contributed by atoms with E-state index in [0.717, 1.165) is 11.1 Å². The lowest BCUT2D eigenvalue weighted by molar-refractivity contribution is -0.145. The van der Waals surface area contributed by atoms with Crippen LogP contribution in [-0.2, 0) is 14.9 Å². The van der Waals surface area contributed by atoms with E-state index in [0.29, 0.717) is 6.54 Å². The molecular formula is C19H19NO3. The Balaban J connectivity index is 1.94. The van der Waals surface area contributed by atoms with Gasteiger partial charge in [0.2, 0.25) is 0 Å². The van der Waals surface area contributed by atoms with Gasteiger partial charge < -0.3 is 15.2 Å². The van der Waals surface area contributed by atoms with Crippen molar-refractivity contribution in [1.82, 2.24) is 5.32 Å². The first-order chi connectivity index (χ1) is 11.2. The number of aromatic hydroxyl groups is 1. The molecule has 0 saturated carbocycles. The standard InChI is InChI=1S/C19H19NO3/c1-23-18(22)19(15-5-3-2-4-6-15)12-11-17(20-13-19)14-7-9-16(21)10-8-14/h2-12,17,20-21H,13H2,1H3/t17-,19-/m0/s1. The van der Waals surface area contributed by atoms with E-state index in [9.17, 15) is 9.90 Å². The second-order valence-corrected chi connectivity index (χ2v) is 5.64. The molecule has 2 aromatic carbocycles. The first-order valence-electron chi connectivity index (χ1n) is 7.51. The highest BCUT2D eigenvalue weighted by molar-refractivity contribution is 5.86. The van der Waals surface area contributed by atoms with Crippen LogP contribution >= 0.6 is 0 Å². The van der Waals surface area contributed by atoms with Crippen molar-refractivity contribution in [3.05, 3.63) is 77.9 Å². The van der Waals surface area contributed by atoms with Crippen LogP contribution < -0.4 is 5.32 Å². The Morgan fingerprint density at radius 2 is 1.87 bits per heavy atom. The number of hydrogen-bond donors (Lipinski definition) is 2. The lowest BCUT2D eigenvalue weighted by Crippen LogP contribution is -2.47. The van der Waals surface area contributed by atoms with E-state index < -0.39 is 5.41 Å². The van der Waals surface area contributed by atoms with Gasteiger partial charge >= 0.3 is 5.97 Å².